The predicted molar refractivity (Wildman–Crippen MR) is 117 cm³/mol. The van der Waals surface area contributed by atoms with Gasteiger partial charge in [0, 0.05) is 22.0 Å². The zero-order valence-electron chi connectivity index (χ0n) is 16.5. The number of carbonyl (C=O) groups is 1. The fourth-order valence-electron chi connectivity index (χ4n) is 4.00. The van der Waals surface area contributed by atoms with Crippen LogP contribution in [0.1, 0.15) is 43.2 Å². The van der Waals surface area contributed by atoms with Gasteiger partial charge in [-0.2, -0.15) is 0 Å². The molecule has 1 aliphatic rings. The van der Waals surface area contributed by atoms with Gasteiger partial charge in [-0.3, -0.25) is 9.69 Å². The van der Waals surface area contributed by atoms with Crippen molar-refractivity contribution in [1.29, 1.82) is 0 Å². The van der Waals surface area contributed by atoms with E-state index in [4.69, 9.17) is 23.2 Å². The lowest BCUT2D eigenvalue weighted by atomic mass is 9.86. The summed E-state index contributed by atoms with van der Waals surface area (Å²) in [6.45, 7) is 3.08. The van der Waals surface area contributed by atoms with Crippen LogP contribution in [0.25, 0.3) is 0 Å². The highest BCUT2D eigenvalue weighted by Gasteiger charge is 2.29. The molecule has 2 aromatic rings. The van der Waals surface area contributed by atoms with E-state index in [1.165, 1.54) is 17.5 Å². The summed E-state index contributed by atoms with van der Waals surface area (Å²) in [6, 6.07) is 15.8. The Kier molecular flexibility index (Phi) is 7.39. The van der Waals surface area contributed by atoms with E-state index in [1.807, 2.05) is 31.3 Å². The van der Waals surface area contributed by atoms with Crippen LogP contribution < -0.4 is 5.32 Å². The van der Waals surface area contributed by atoms with E-state index in [0.29, 0.717) is 0 Å². The maximum atomic E-state index is 12.9. The molecule has 3 atom stereocenters. The van der Waals surface area contributed by atoms with Crippen molar-refractivity contribution in [2.75, 3.05) is 13.6 Å². The summed E-state index contributed by atoms with van der Waals surface area (Å²) < 4.78 is 0. The minimum atomic E-state index is -0.0300. The van der Waals surface area contributed by atoms with Crippen LogP contribution in [0.15, 0.2) is 48.5 Å². The fraction of sp³-hybridized carbons (Fsp3) is 0.435. The van der Waals surface area contributed by atoms with E-state index in [0.717, 1.165) is 35.9 Å². The molecule has 2 aromatic carbocycles. The van der Waals surface area contributed by atoms with Crippen LogP contribution in [0.3, 0.4) is 0 Å². The third-order valence-corrected chi connectivity index (χ3v) is 6.22. The van der Waals surface area contributed by atoms with Crippen LogP contribution >= 0.6 is 23.2 Å². The minimum Gasteiger partial charge on any atom is -0.352 e. The summed E-state index contributed by atoms with van der Waals surface area (Å²) in [5.41, 5.74) is 2.37. The highest BCUT2D eigenvalue weighted by molar-refractivity contribution is 6.30. The fourth-order valence-corrected chi connectivity index (χ4v) is 4.25. The lowest BCUT2D eigenvalue weighted by molar-refractivity contribution is -0.127. The van der Waals surface area contributed by atoms with Crippen LogP contribution in [0.2, 0.25) is 10.0 Å². The van der Waals surface area contributed by atoms with E-state index in [-0.39, 0.29) is 23.9 Å². The second kappa shape index (κ2) is 9.78. The average Bonchev–Trinajstić information content (AvgIpc) is 2.68. The van der Waals surface area contributed by atoms with Gasteiger partial charge in [0.25, 0.3) is 0 Å². The van der Waals surface area contributed by atoms with Crippen LogP contribution in [0, 0.1) is 0 Å². The number of nitrogens with one attached hydrogen (secondary N) is 1. The lowest BCUT2D eigenvalue weighted by Crippen LogP contribution is -2.50. The molecule has 3 rings (SSSR count). The van der Waals surface area contributed by atoms with E-state index in [1.54, 1.807) is 0 Å². The molecule has 1 saturated heterocycles. The first-order valence-corrected chi connectivity index (χ1v) is 10.7. The molecule has 1 unspecified atom stereocenters. The Morgan fingerprint density at radius 2 is 1.68 bits per heavy atom. The number of nitrogens with zero attached hydrogens (tertiary/aromatic N) is 1. The molecule has 150 valence electrons. The van der Waals surface area contributed by atoms with E-state index in [9.17, 15) is 4.79 Å². The van der Waals surface area contributed by atoms with Gasteiger partial charge in [0.05, 0.1) is 6.04 Å². The van der Waals surface area contributed by atoms with Crippen LogP contribution in [-0.4, -0.2) is 36.5 Å². The summed E-state index contributed by atoms with van der Waals surface area (Å²) in [7, 11) is 2.04. The zero-order valence-corrected chi connectivity index (χ0v) is 18.0. The number of benzene rings is 2. The van der Waals surface area contributed by atoms with E-state index < -0.39 is 0 Å². The highest BCUT2D eigenvalue weighted by Crippen LogP contribution is 2.27. The molecule has 0 saturated carbocycles. The largest absolute Gasteiger partial charge is 0.352 e. The Morgan fingerprint density at radius 1 is 1.07 bits per heavy atom. The normalized spacial score (nSPS) is 19.8. The molecular weight excluding hydrogens is 391 g/mol. The molecule has 0 radical (unpaired) electrons. The Hall–Kier alpha value is -1.55. The van der Waals surface area contributed by atoms with Gasteiger partial charge in [-0.25, -0.2) is 0 Å². The summed E-state index contributed by atoms with van der Waals surface area (Å²) in [5.74, 6) is 0.279. The molecule has 1 aliphatic heterocycles. The van der Waals surface area contributed by atoms with Crippen LogP contribution in [0.4, 0.5) is 0 Å². The van der Waals surface area contributed by atoms with E-state index in [2.05, 4.69) is 41.4 Å². The Bertz CT molecular complexity index is 776. The number of piperidine rings is 1. The summed E-state index contributed by atoms with van der Waals surface area (Å²) in [6.07, 6.45) is 4.03. The van der Waals surface area contributed by atoms with Crippen LogP contribution in [-0.2, 0) is 11.2 Å². The van der Waals surface area contributed by atoms with Gasteiger partial charge < -0.3 is 5.32 Å². The Balaban J connectivity index is 1.77. The molecular formula is C23H28Cl2N2O. The number of likely N-dealkylation sites (N-methyl/N-ethyl adjacent to an activating group) is 1. The third-order valence-electron chi connectivity index (χ3n) is 5.71. The molecule has 28 heavy (non-hydrogen) atoms. The monoisotopic (exact) mass is 418 g/mol. The number of hydrogen-bond donors (Lipinski definition) is 1. The Morgan fingerprint density at radius 3 is 2.29 bits per heavy atom. The minimum absolute atomic E-state index is 0.000296. The number of amides is 1. The molecule has 0 aromatic heterocycles. The number of likely N-dealkylation sites (tertiary alicyclic amines) is 1. The quantitative estimate of drug-likeness (QED) is 0.689. The van der Waals surface area contributed by atoms with Gasteiger partial charge in [-0.05, 0) is 75.2 Å². The zero-order chi connectivity index (χ0) is 20.1. The van der Waals surface area contributed by atoms with Crippen molar-refractivity contribution >= 4 is 29.1 Å². The second-order valence-electron chi connectivity index (χ2n) is 7.78. The summed E-state index contributed by atoms with van der Waals surface area (Å²) in [4.78, 5) is 15.1. The molecule has 0 spiro atoms. The van der Waals surface area contributed by atoms with Crippen molar-refractivity contribution in [2.24, 2.45) is 0 Å². The maximum Gasteiger partial charge on any atom is 0.237 e. The maximum absolute atomic E-state index is 12.9. The van der Waals surface area contributed by atoms with E-state index >= 15 is 0 Å². The van der Waals surface area contributed by atoms with Gasteiger partial charge >= 0.3 is 0 Å². The van der Waals surface area contributed by atoms with Crippen molar-refractivity contribution in [3.05, 3.63) is 69.7 Å². The average molecular weight is 419 g/mol. The standard InChI is InChI=1S/C23H28Cl2N2O/c1-16(26-23(28)22-5-3-4-14-27(22)2)21(18-8-12-20(25)13-9-18)15-17-6-10-19(24)11-7-17/h6-13,16,21-22H,3-5,14-15H2,1-2H3,(H,26,28)/t16-,21+,22?/m1/s1. The summed E-state index contributed by atoms with van der Waals surface area (Å²) >= 11 is 12.1. The van der Waals surface area contributed by atoms with Gasteiger partial charge in [0.15, 0.2) is 0 Å². The molecule has 1 amide bonds. The molecule has 0 bridgehead atoms. The SMILES string of the molecule is C[C@@H](NC(=O)C1CCCCN1C)[C@H](Cc1ccc(Cl)cc1)c1ccc(Cl)cc1. The first-order valence-electron chi connectivity index (χ1n) is 9.94. The third kappa shape index (κ3) is 5.50. The van der Waals surface area contributed by atoms with Gasteiger partial charge in [0.2, 0.25) is 5.91 Å². The molecule has 1 heterocycles. The highest BCUT2D eigenvalue weighted by atomic mass is 35.5. The molecule has 5 heteroatoms. The first-order chi connectivity index (χ1) is 13.4. The number of carbonyl (C=O) groups excluding carboxylic acids is 1. The van der Waals surface area contributed by atoms with Crippen molar-refractivity contribution in [1.82, 2.24) is 10.2 Å². The number of halogens is 2. The Labute approximate surface area is 178 Å². The van der Waals surface area contributed by atoms with Gasteiger partial charge in [0.1, 0.15) is 0 Å². The van der Waals surface area contributed by atoms with Crippen molar-refractivity contribution in [3.63, 3.8) is 0 Å². The van der Waals surface area contributed by atoms with Crippen molar-refractivity contribution < 1.29 is 4.79 Å². The van der Waals surface area contributed by atoms with Gasteiger partial charge in [-0.15, -0.1) is 0 Å². The number of hydrogen-bond acceptors (Lipinski definition) is 2. The van der Waals surface area contributed by atoms with Crippen molar-refractivity contribution in [2.45, 2.75) is 50.6 Å². The second-order valence-corrected chi connectivity index (χ2v) is 8.65. The lowest BCUT2D eigenvalue weighted by Gasteiger charge is -2.33. The smallest absolute Gasteiger partial charge is 0.237 e. The first kappa shape index (κ1) is 21.2. The molecule has 3 nitrogen and oxygen atoms in total. The van der Waals surface area contributed by atoms with Gasteiger partial charge in [-0.1, -0.05) is 53.9 Å². The topological polar surface area (TPSA) is 32.3 Å². The number of rotatable bonds is 6. The molecule has 1 fully saturated rings. The summed E-state index contributed by atoms with van der Waals surface area (Å²) in [5, 5.41) is 4.73. The van der Waals surface area contributed by atoms with Crippen molar-refractivity contribution in [3.8, 4) is 0 Å². The molecule has 1 N–H and O–H groups in total. The molecule has 0 aliphatic carbocycles. The van der Waals surface area contributed by atoms with Crippen LogP contribution in [0.5, 0.6) is 0 Å². The predicted octanol–water partition coefficient (Wildman–Crippen LogP) is 5.31.